The highest BCUT2D eigenvalue weighted by Crippen LogP contribution is 2.33. The van der Waals surface area contributed by atoms with Crippen LogP contribution in [-0.4, -0.2) is 11.1 Å². The normalized spacial score (nSPS) is 13.8. The van der Waals surface area contributed by atoms with Crippen molar-refractivity contribution < 1.29 is 9.90 Å². The van der Waals surface area contributed by atoms with Crippen LogP contribution in [0.25, 0.3) is 0 Å². The number of rotatable bonds is 4. The predicted octanol–water partition coefficient (Wildman–Crippen LogP) is 4.28. The van der Waals surface area contributed by atoms with E-state index in [4.69, 9.17) is 0 Å². The van der Waals surface area contributed by atoms with Gasteiger partial charge in [-0.25, -0.2) is 0 Å². The molecule has 2 unspecified atom stereocenters. The van der Waals surface area contributed by atoms with Gasteiger partial charge >= 0.3 is 5.97 Å². The van der Waals surface area contributed by atoms with E-state index in [1.807, 2.05) is 69.3 Å². The van der Waals surface area contributed by atoms with Crippen molar-refractivity contribution in [1.82, 2.24) is 0 Å². The summed E-state index contributed by atoms with van der Waals surface area (Å²) in [6.07, 6.45) is 0. The Morgan fingerprint density at radius 3 is 1.65 bits per heavy atom. The van der Waals surface area contributed by atoms with Crippen molar-refractivity contribution in [3.05, 3.63) is 70.8 Å². The third-order valence-corrected chi connectivity index (χ3v) is 3.81. The minimum absolute atomic E-state index is 0.0594. The maximum Gasteiger partial charge on any atom is 0.311 e. The van der Waals surface area contributed by atoms with Crippen LogP contribution in [0.4, 0.5) is 0 Å². The van der Waals surface area contributed by atoms with E-state index < -0.39 is 11.9 Å². The van der Waals surface area contributed by atoms with Gasteiger partial charge in [0.1, 0.15) is 0 Å². The lowest BCUT2D eigenvalue weighted by atomic mass is 9.82. The molecule has 0 aliphatic heterocycles. The van der Waals surface area contributed by atoms with E-state index in [1.54, 1.807) is 0 Å². The van der Waals surface area contributed by atoms with Gasteiger partial charge in [0.25, 0.3) is 0 Å². The molecule has 2 aromatic rings. The zero-order chi connectivity index (χ0) is 14.7. The number of benzene rings is 2. The van der Waals surface area contributed by atoms with Gasteiger partial charge in [-0.1, -0.05) is 66.6 Å². The van der Waals surface area contributed by atoms with Gasteiger partial charge in [0, 0.05) is 0 Å². The average molecular weight is 268 g/mol. The molecule has 1 N–H and O–H groups in total. The Labute approximate surface area is 120 Å². The summed E-state index contributed by atoms with van der Waals surface area (Å²) in [7, 11) is 0. The van der Waals surface area contributed by atoms with Crippen molar-refractivity contribution >= 4 is 5.97 Å². The maximum absolute atomic E-state index is 11.7. The molecule has 2 aromatic carbocycles. The molecule has 0 aliphatic carbocycles. The molecule has 0 amide bonds. The van der Waals surface area contributed by atoms with Crippen molar-refractivity contribution in [1.29, 1.82) is 0 Å². The molecule has 0 heterocycles. The summed E-state index contributed by atoms with van der Waals surface area (Å²) in [6, 6.07) is 15.9. The van der Waals surface area contributed by atoms with Crippen LogP contribution in [0.3, 0.4) is 0 Å². The molecular weight excluding hydrogens is 248 g/mol. The topological polar surface area (TPSA) is 37.3 Å². The Bertz CT molecular complexity index is 582. The molecule has 0 bridgehead atoms. The fourth-order valence-corrected chi connectivity index (χ4v) is 2.48. The second-order valence-corrected chi connectivity index (χ2v) is 5.43. The molecule has 2 atom stereocenters. The summed E-state index contributed by atoms with van der Waals surface area (Å²) >= 11 is 0. The minimum atomic E-state index is -0.776. The number of hydrogen-bond donors (Lipinski definition) is 1. The fraction of sp³-hybridized carbons (Fsp3) is 0.278. The zero-order valence-corrected chi connectivity index (χ0v) is 12.1. The Morgan fingerprint density at radius 2 is 1.25 bits per heavy atom. The quantitative estimate of drug-likeness (QED) is 0.898. The largest absolute Gasteiger partial charge is 0.481 e. The predicted molar refractivity (Wildman–Crippen MR) is 81.1 cm³/mol. The fourth-order valence-electron chi connectivity index (χ4n) is 2.48. The lowest BCUT2D eigenvalue weighted by molar-refractivity contribution is -0.139. The molecule has 2 rings (SSSR count). The molecule has 0 saturated heterocycles. The molecule has 0 aromatic heterocycles. The first-order valence-electron chi connectivity index (χ1n) is 6.85. The van der Waals surface area contributed by atoms with Crippen molar-refractivity contribution in [3.63, 3.8) is 0 Å². The van der Waals surface area contributed by atoms with Gasteiger partial charge in [0.05, 0.1) is 5.92 Å². The molecule has 0 saturated carbocycles. The molecule has 2 nitrogen and oxygen atoms in total. The van der Waals surface area contributed by atoms with Crippen LogP contribution in [-0.2, 0) is 4.79 Å². The molecule has 20 heavy (non-hydrogen) atoms. The molecule has 0 radical (unpaired) electrons. The van der Waals surface area contributed by atoms with Crippen LogP contribution >= 0.6 is 0 Å². The second kappa shape index (κ2) is 5.91. The van der Waals surface area contributed by atoms with Crippen LogP contribution in [0.2, 0.25) is 0 Å². The van der Waals surface area contributed by atoms with Crippen molar-refractivity contribution in [2.24, 2.45) is 0 Å². The highest BCUT2D eigenvalue weighted by Gasteiger charge is 2.27. The molecule has 0 aliphatic rings. The Morgan fingerprint density at radius 1 is 0.850 bits per heavy atom. The standard InChI is InChI=1S/C18H20O2/c1-12-4-8-15(9-5-12)14(3)17(18(19)20)16-10-6-13(2)7-11-16/h4-11,14,17H,1-3H3,(H,19,20). The highest BCUT2D eigenvalue weighted by atomic mass is 16.4. The number of carboxylic acid groups (broad SMARTS) is 1. The Hall–Kier alpha value is -2.09. The van der Waals surface area contributed by atoms with E-state index in [-0.39, 0.29) is 5.92 Å². The van der Waals surface area contributed by atoms with Crippen molar-refractivity contribution in [2.45, 2.75) is 32.6 Å². The number of aliphatic carboxylic acids is 1. The number of hydrogen-bond acceptors (Lipinski definition) is 1. The monoisotopic (exact) mass is 268 g/mol. The van der Waals surface area contributed by atoms with Crippen LogP contribution in [0.15, 0.2) is 48.5 Å². The summed E-state index contributed by atoms with van der Waals surface area (Å²) in [4.78, 5) is 11.7. The van der Waals surface area contributed by atoms with E-state index in [0.29, 0.717) is 0 Å². The van der Waals surface area contributed by atoms with Crippen molar-refractivity contribution in [2.75, 3.05) is 0 Å². The first-order chi connectivity index (χ1) is 9.49. The lowest BCUT2D eigenvalue weighted by Gasteiger charge is -2.21. The Kier molecular flexibility index (Phi) is 4.23. The van der Waals surface area contributed by atoms with Crippen LogP contribution in [0.5, 0.6) is 0 Å². The molecule has 104 valence electrons. The summed E-state index contributed by atoms with van der Waals surface area (Å²) < 4.78 is 0. The van der Waals surface area contributed by atoms with Gasteiger partial charge in [0.15, 0.2) is 0 Å². The second-order valence-electron chi connectivity index (χ2n) is 5.43. The molecule has 0 fully saturated rings. The lowest BCUT2D eigenvalue weighted by Crippen LogP contribution is -2.18. The van der Waals surface area contributed by atoms with Gasteiger partial charge in [-0.15, -0.1) is 0 Å². The third-order valence-electron chi connectivity index (χ3n) is 3.81. The molecule has 0 spiro atoms. The van der Waals surface area contributed by atoms with Gasteiger partial charge in [-0.3, -0.25) is 4.79 Å². The summed E-state index contributed by atoms with van der Waals surface area (Å²) in [5, 5.41) is 9.58. The van der Waals surface area contributed by atoms with Gasteiger partial charge < -0.3 is 5.11 Å². The third kappa shape index (κ3) is 3.08. The maximum atomic E-state index is 11.7. The van der Waals surface area contributed by atoms with Crippen LogP contribution in [0.1, 0.15) is 41.0 Å². The molecular formula is C18H20O2. The zero-order valence-electron chi connectivity index (χ0n) is 12.1. The molecule has 2 heteroatoms. The number of carboxylic acids is 1. The van der Waals surface area contributed by atoms with Crippen LogP contribution in [0, 0.1) is 13.8 Å². The van der Waals surface area contributed by atoms with Gasteiger partial charge in [-0.05, 0) is 30.9 Å². The van der Waals surface area contributed by atoms with E-state index in [2.05, 4.69) is 0 Å². The first kappa shape index (κ1) is 14.3. The summed E-state index contributed by atoms with van der Waals surface area (Å²) in [6.45, 7) is 6.01. The number of aryl methyl sites for hydroxylation is 2. The van der Waals surface area contributed by atoms with Crippen LogP contribution < -0.4 is 0 Å². The smallest absolute Gasteiger partial charge is 0.311 e. The van der Waals surface area contributed by atoms with E-state index in [1.165, 1.54) is 5.56 Å². The van der Waals surface area contributed by atoms with E-state index in [9.17, 15) is 9.90 Å². The SMILES string of the molecule is Cc1ccc(C(C)C(C(=O)O)c2ccc(C)cc2)cc1. The minimum Gasteiger partial charge on any atom is -0.481 e. The van der Waals surface area contributed by atoms with Gasteiger partial charge in [-0.2, -0.15) is 0 Å². The summed E-state index contributed by atoms with van der Waals surface area (Å²) in [5.74, 6) is -1.35. The average Bonchev–Trinajstić information content (AvgIpc) is 2.41. The Balaban J connectivity index is 2.35. The summed E-state index contributed by atoms with van der Waals surface area (Å²) in [5.41, 5.74) is 4.24. The number of carbonyl (C=O) groups is 1. The van der Waals surface area contributed by atoms with Gasteiger partial charge in [0.2, 0.25) is 0 Å². The van der Waals surface area contributed by atoms with Crippen molar-refractivity contribution in [3.8, 4) is 0 Å². The van der Waals surface area contributed by atoms with E-state index >= 15 is 0 Å². The van der Waals surface area contributed by atoms with E-state index in [0.717, 1.165) is 16.7 Å². The highest BCUT2D eigenvalue weighted by molar-refractivity contribution is 5.77. The first-order valence-corrected chi connectivity index (χ1v) is 6.85.